The minimum absolute atomic E-state index is 0.0393. The van der Waals surface area contributed by atoms with Gasteiger partial charge >= 0.3 is 12.4 Å². The van der Waals surface area contributed by atoms with Crippen LogP contribution in [0, 0.1) is 5.92 Å². The Morgan fingerprint density at radius 3 is 0.973 bits per heavy atom. The number of alkyl halides is 6. The van der Waals surface area contributed by atoms with E-state index in [1.807, 2.05) is 206 Å². The Morgan fingerprint density at radius 2 is 0.682 bits per heavy atom. The standard InChI is InChI=1S/C44H46F3N3O6S.C40H38F3N3O6S/c1-33(2)31-49(56-43(34-13-7-4-8-14-34,35-15-9-5-10-16-35)36-17-11-6-12-18-36)42(51)41(48-27-29-54-30-28-48)32-50(57(3,52)53)38-21-25-40(26-22-38)55-39-23-19-37(20-24-39)44(45,46)47;1-53(48,49)46(34-19-23-36(24-20-34)51-35-21-17-33(18-22-35)40(41,42)43)29-37(45-25-27-50-28-26-45)38(47)44-52-39(30-11-5-2-6-12-30,31-13-7-3-8-14-31)32-15-9-4-10-16-32/h4-26,33,41H,27-32H2,1-3H3;2-24,37H,25-29H2,1H3,(H,44,47)/t41-;37-/m00/s1. The first-order valence-corrected chi connectivity index (χ1v) is 39.2. The molecule has 2 aliphatic rings. The van der Waals surface area contributed by atoms with E-state index in [0.717, 1.165) is 74.5 Å². The Kier molecular flexibility index (Phi) is 26.3. The number of hydrogen-bond donors (Lipinski definition) is 1. The monoisotopic (exact) mass is 1550 g/mol. The fourth-order valence-electron chi connectivity index (χ4n) is 13.1. The van der Waals surface area contributed by atoms with Crippen LogP contribution in [-0.2, 0) is 72.3 Å². The third-order valence-corrected chi connectivity index (χ3v) is 20.9. The average Bonchev–Trinajstić information content (AvgIpc) is 0.754. The molecule has 576 valence electrons. The van der Waals surface area contributed by atoms with E-state index in [2.05, 4.69) is 5.48 Å². The fraction of sp³-hybridized carbons (Fsp3) is 0.262. The van der Waals surface area contributed by atoms with Gasteiger partial charge in [-0.1, -0.05) is 196 Å². The maximum absolute atomic E-state index is 15.3. The number of benzene rings is 10. The lowest BCUT2D eigenvalue weighted by atomic mass is 9.80. The van der Waals surface area contributed by atoms with Crippen LogP contribution >= 0.6 is 0 Å². The van der Waals surface area contributed by atoms with E-state index >= 15 is 4.79 Å². The molecule has 0 spiro atoms. The van der Waals surface area contributed by atoms with Crippen LogP contribution in [0.1, 0.15) is 58.4 Å². The first-order chi connectivity index (χ1) is 52.7. The van der Waals surface area contributed by atoms with Gasteiger partial charge in [-0.05, 0) is 136 Å². The highest BCUT2D eigenvalue weighted by Crippen LogP contribution is 2.44. The lowest BCUT2D eigenvalue weighted by molar-refractivity contribution is -0.230. The third kappa shape index (κ3) is 20.1. The molecule has 26 heteroatoms. The zero-order valence-corrected chi connectivity index (χ0v) is 62.4. The summed E-state index contributed by atoms with van der Waals surface area (Å²) in [5.41, 5.74) is 3.78. The molecule has 0 aromatic heterocycles. The summed E-state index contributed by atoms with van der Waals surface area (Å²) in [6, 6.07) is 76.3. The maximum Gasteiger partial charge on any atom is 0.416 e. The van der Waals surface area contributed by atoms with E-state index < -0.39 is 78.6 Å². The summed E-state index contributed by atoms with van der Waals surface area (Å²) in [5, 5.41) is 1.40. The van der Waals surface area contributed by atoms with Crippen LogP contribution in [0.15, 0.2) is 279 Å². The van der Waals surface area contributed by atoms with Crippen molar-refractivity contribution in [2.75, 3.05) is 93.4 Å². The first-order valence-electron chi connectivity index (χ1n) is 35.5. The highest BCUT2D eigenvalue weighted by Gasteiger charge is 2.46. The van der Waals surface area contributed by atoms with Gasteiger partial charge in [0, 0.05) is 26.2 Å². The summed E-state index contributed by atoms with van der Waals surface area (Å²) < 4.78 is 157. The molecule has 0 aliphatic carbocycles. The van der Waals surface area contributed by atoms with Crippen LogP contribution in [0.25, 0.3) is 0 Å². The number of anilines is 2. The summed E-state index contributed by atoms with van der Waals surface area (Å²) in [5.74, 6) is -0.115. The minimum Gasteiger partial charge on any atom is -0.457 e. The smallest absolute Gasteiger partial charge is 0.416 e. The van der Waals surface area contributed by atoms with Crippen molar-refractivity contribution < 1.29 is 81.4 Å². The van der Waals surface area contributed by atoms with E-state index in [9.17, 15) is 48.0 Å². The van der Waals surface area contributed by atoms with E-state index in [4.69, 9.17) is 28.6 Å². The summed E-state index contributed by atoms with van der Waals surface area (Å²) in [6.07, 6.45) is -6.83. The van der Waals surface area contributed by atoms with E-state index in [1.165, 1.54) is 82.2 Å². The molecule has 0 bridgehead atoms. The van der Waals surface area contributed by atoms with Crippen molar-refractivity contribution >= 4 is 43.2 Å². The predicted molar refractivity (Wildman–Crippen MR) is 408 cm³/mol. The van der Waals surface area contributed by atoms with Gasteiger partial charge in [-0.25, -0.2) is 32.2 Å². The number of amides is 2. The number of nitrogens with zero attached hydrogens (tertiary/aromatic N) is 5. The van der Waals surface area contributed by atoms with Gasteiger partial charge in [-0.15, -0.1) is 0 Å². The number of hydroxylamine groups is 3. The molecule has 2 fully saturated rings. The number of carbonyl (C=O) groups is 2. The predicted octanol–water partition coefficient (Wildman–Crippen LogP) is 15.4. The Labute approximate surface area is 636 Å². The number of hydrogen-bond acceptors (Lipinski definition) is 14. The largest absolute Gasteiger partial charge is 0.457 e. The number of ether oxygens (including phenoxy) is 4. The zero-order chi connectivity index (χ0) is 78.1. The molecule has 12 rings (SSSR count). The summed E-state index contributed by atoms with van der Waals surface area (Å²) in [7, 11) is -7.91. The average molecular weight is 1550 g/mol. The van der Waals surface area contributed by atoms with Crippen molar-refractivity contribution in [1.29, 1.82) is 0 Å². The van der Waals surface area contributed by atoms with Crippen molar-refractivity contribution in [3.63, 3.8) is 0 Å². The molecule has 0 radical (unpaired) electrons. The van der Waals surface area contributed by atoms with Crippen molar-refractivity contribution in [1.82, 2.24) is 20.3 Å². The maximum atomic E-state index is 15.3. The highest BCUT2D eigenvalue weighted by molar-refractivity contribution is 7.92. The molecule has 1 N–H and O–H groups in total. The van der Waals surface area contributed by atoms with Gasteiger partial charge in [0.05, 0.1) is 81.1 Å². The Morgan fingerprint density at radius 1 is 0.400 bits per heavy atom. The Bertz CT molecular complexity index is 4620. The number of carbonyl (C=O) groups excluding carboxylic acids is 2. The number of halogens is 6. The third-order valence-electron chi connectivity index (χ3n) is 18.5. The summed E-state index contributed by atoms with van der Waals surface area (Å²) >= 11 is 0. The van der Waals surface area contributed by atoms with E-state index in [0.29, 0.717) is 52.6 Å². The first kappa shape index (κ1) is 80.6. The molecule has 2 heterocycles. The molecular weight excluding hydrogens is 1460 g/mol. The lowest BCUT2D eigenvalue weighted by Crippen LogP contribution is -2.58. The molecular formula is C84H84F6N6O12S2. The second-order valence-electron chi connectivity index (χ2n) is 26.7. The fourth-order valence-corrected chi connectivity index (χ4v) is 15.0. The summed E-state index contributed by atoms with van der Waals surface area (Å²) in [4.78, 5) is 47.2. The molecule has 2 saturated heterocycles. The van der Waals surface area contributed by atoms with E-state index in [1.54, 1.807) is 0 Å². The molecule has 18 nitrogen and oxygen atoms in total. The van der Waals surface area contributed by atoms with Gasteiger partial charge in [0.15, 0.2) is 11.2 Å². The van der Waals surface area contributed by atoms with Gasteiger partial charge in [-0.2, -0.15) is 26.3 Å². The van der Waals surface area contributed by atoms with Crippen LogP contribution in [-0.4, -0.2) is 140 Å². The van der Waals surface area contributed by atoms with Crippen molar-refractivity contribution in [3.8, 4) is 23.0 Å². The SMILES string of the molecule is CC(C)CN(OC(c1ccccc1)(c1ccccc1)c1ccccc1)C(=O)[C@H](CN(c1ccc(Oc2ccc(C(F)(F)F)cc2)cc1)S(C)(=O)=O)N1CCOCC1.CS(=O)(=O)N(C[C@@H](C(=O)NOC(c1ccccc1)(c1ccccc1)c1ccccc1)N1CCOCC1)c1ccc(Oc2ccc(C(F)(F)F)cc2)cc1. The second-order valence-corrected chi connectivity index (χ2v) is 30.5. The van der Waals surface area contributed by atoms with Crippen LogP contribution < -0.4 is 23.6 Å². The molecule has 10 aromatic rings. The number of rotatable bonds is 28. The lowest BCUT2D eigenvalue weighted by Gasteiger charge is -2.43. The van der Waals surface area contributed by atoms with Gasteiger partial charge < -0.3 is 18.9 Å². The molecule has 0 unspecified atom stereocenters. The van der Waals surface area contributed by atoms with Gasteiger partial charge in [0.2, 0.25) is 20.0 Å². The van der Waals surface area contributed by atoms with Crippen LogP contribution in [0.4, 0.5) is 37.7 Å². The molecule has 2 atom stereocenters. The molecule has 2 aliphatic heterocycles. The normalized spacial score (nSPS) is 14.6. The minimum atomic E-state index is -4.48. The molecule has 2 amide bonds. The van der Waals surface area contributed by atoms with Crippen molar-refractivity contribution in [2.24, 2.45) is 5.92 Å². The highest BCUT2D eigenvalue weighted by atomic mass is 32.2. The molecule has 110 heavy (non-hydrogen) atoms. The molecule has 10 aromatic carbocycles. The van der Waals surface area contributed by atoms with Crippen molar-refractivity contribution in [2.45, 2.75) is 49.5 Å². The van der Waals surface area contributed by atoms with Crippen molar-refractivity contribution in [3.05, 3.63) is 324 Å². The number of morpholine rings is 2. The number of sulfonamides is 2. The summed E-state index contributed by atoms with van der Waals surface area (Å²) in [6.45, 7) is 6.57. The van der Waals surface area contributed by atoms with Crippen LogP contribution in [0.5, 0.6) is 23.0 Å². The van der Waals surface area contributed by atoms with Gasteiger partial charge in [-0.3, -0.25) is 32.8 Å². The van der Waals surface area contributed by atoms with Gasteiger partial charge in [0.1, 0.15) is 35.1 Å². The second kappa shape index (κ2) is 36.0. The Hall–Kier alpha value is -10.4. The number of nitrogens with one attached hydrogen (secondary N) is 1. The van der Waals surface area contributed by atoms with Gasteiger partial charge in [0.25, 0.3) is 11.8 Å². The zero-order valence-electron chi connectivity index (χ0n) is 60.8. The van der Waals surface area contributed by atoms with Crippen LogP contribution in [0.3, 0.4) is 0 Å². The van der Waals surface area contributed by atoms with E-state index in [-0.39, 0.29) is 59.9 Å². The Balaban J connectivity index is 0.000000219. The quantitative estimate of drug-likeness (QED) is 0.0277. The molecule has 0 saturated carbocycles. The topological polar surface area (TPSA) is 186 Å². The van der Waals surface area contributed by atoms with Crippen LogP contribution in [0.2, 0.25) is 0 Å².